The SMILES string of the molecule is CCOC(=O)NC1CCCN(c2ccc3c(Cl)ccnc3c2F)C1. The molecule has 1 atom stereocenters. The molecular formula is C17H19ClFN3O2. The molecule has 5 nitrogen and oxygen atoms in total. The van der Waals surface area contributed by atoms with E-state index in [1.54, 1.807) is 25.1 Å². The monoisotopic (exact) mass is 351 g/mol. The second-order valence-electron chi connectivity index (χ2n) is 5.74. The fraction of sp³-hybridized carbons (Fsp3) is 0.412. The number of benzene rings is 1. The van der Waals surface area contributed by atoms with E-state index >= 15 is 0 Å². The third kappa shape index (κ3) is 3.38. The molecule has 1 saturated heterocycles. The van der Waals surface area contributed by atoms with Gasteiger partial charge in [0.1, 0.15) is 5.52 Å². The van der Waals surface area contributed by atoms with E-state index < -0.39 is 6.09 Å². The normalized spacial score (nSPS) is 17.8. The zero-order chi connectivity index (χ0) is 17.1. The Labute approximate surface area is 144 Å². The van der Waals surface area contributed by atoms with Crippen molar-refractivity contribution in [2.45, 2.75) is 25.8 Å². The summed E-state index contributed by atoms with van der Waals surface area (Å²) in [5.74, 6) is -0.383. The van der Waals surface area contributed by atoms with Crippen LogP contribution < -0.4 is 10.2 Å². The van der Waals surface area contributed by atoms with E-state index in [2.05, 4.69) is 10.3 Å². The summed E-state index contributed by atoms with van der Waals surface area (Å²) >= 11 is 6.10. The van der Waals surface area contributed by atoms with Gasteiger partial charge >= 0.3 is 6.09 Å². The third-order valence-corrected chi connectivity index (χ3v) is 4.47. The van der Waals surface area contributed by atoms with Crippen LogP contribution in [0.25, 0.3) is 10.9 Å². The van der Waals surface area contributed by atoms with Gasteiger partial charge in [0.25, 0.3) is 0 Å². The summed E-state index contributed by atoms with van der Waals surface area (Å²) in [6.07, 6.45) is 2.77. The number of pyridine rings is 1. The molecule has 2 heterocycles. The van der Waals surface area contributed by atoms with Gasteiger partial charge in [-0.15, -0.1) is 0 Å². The Morgan fingerprint density at radius 1 is 1.50 bits per heavy atom. The number of amides is 1. The molecule has 1 aromatic carbocycles. The highest BCUT2D eigenvalue weighted by atomic mass is 35.5. The van der Waals surface area contributed by atoms with Crippen molar-refractivity contribution in [3.63, 3.8) is 0 Å². The lowest BCUT2D eigenvalue weighted by Gasteiger charge is -2.34. The van der Waals surface area contributed by atoms with Crippen molar-refractivity contribution < 1.29 is 13.9 Å². The summed E-state index contributed by atoms with van der Waals surface area (Å²) in [6, 6.07) is 5.08. The second-order valence-corrected chi connectivity index (χ2v) is 6.14. The van der Waals surface area contributed by atoms with Crippen LogP contribution in [0.2, 0.25) is 5.02 Å². The molecule has 1 fully saturated rings. The Morgan fingerprint density at radius 3 is 3.12 bits per heavy atom. The van der Waals surface area contributed by atoms with Crippen LogP contribution in [0, 0.1) is 5.82 Å². The molecule has 0 saturated carbocycles. The quantitative estimate of drug-likeness (QED) is 0.915. The van der Waals surface area contributed by atoms with Crippen LogP contribution in [-0.4, -0.2) is 36.8 Å². The average Bonchev–Trinajstić information content (AvgIpc) is 2.56. The minimum atomic E-state index is -0.434. The number of piperidine rings is 1. The van der Waals surface area contributed by atoms with Crippen molar-refractivity contribution in [3.8, 4) is 0 Å². The number of hydrogen-bond acceptors (Lipinski definition) is 4. The van der Waals surface area contributed by atoms with Gasteiger partial charge in [0.15, 0.2) is 5.82 Å². The van der Waals surface area contributed by atoms with Crippen LogP contribution in [-0.2, 0) is 4.74 Å². The molecule has 1 aliphatic heterocycles. The highest BCUT2D eigenvalue weighted by molar-refractivity contribution is 6.35. The van der Waals surface area contributed by atoms with Gasteiger partial charge in [0.2, 0.25) is 0 Å². The number of carbonyl (C=O) groups excluding carboxylic acids is 1. The molecule has 1 amide bonds. The van der Waals surface area contributed by atoms with Gasteiger partial charge in [0, 0.05) is 30.7 Å². The van der Waals surface area contributed by atoms with Gasteiger partial charge in [-0.05, 0) is 38.0 Å². The van der Waals surface area contributed by atoms with E-state index in [4.69, 9.17) is 16.3 Å². The molecule has 128 valence electrons. The van der Waals surface area contributed by atoms with E-state index in [0.717, 1.165) is 19.4 Å². The van der Waals surface area contributed by atoms with Crippen molar-refractivity contribution in [1.82, 2.24) is 10.3 Å². The number of alkyl carbamates (subject to hydrolysis) is 1. The summed E-state index contributed by atoms with van der Waals surface area (Å²) in [6.45, 7) is 3.34. The van der Waals surface area contributed by atoms with E-state index in [1.807, 2.05) is 4.90 Å². The highest BCUT2D eigenvalue weighted by Crippen LogP contribution is 2.31. The van der Waals surface area contributed by atoms with Gasteiger partial charge in [0.05, 0.1) is 17.3 Å². The number of aromatic nitrogens is 1. The number of halogens is 2. The van der Waals surface area contributed by atoms with Crippen molar-refractivity contribution in [2.75, 3.05) is 24.6 Å². The first-order valence-electron chi connectivity index (χ1n) is 8.01. The van der Waals surface area contributed by atoms with Gasteiger partial charge in [-0.2, -0.15) is 0 Å². The minimum Gasteiger partial charge on any atom is -0.450 e. The maximum atomic E-state index is 14.9. The summed E-state index contributed by atoms with van der Waals surface area (Å²) in [7, 11) is 0. The molecule has 3 rings (SSSR count). The minimum absolute atomic E-state index is 0.0692. The zero-order valence-corrected chi connectivity index (χ0v) is 14.1. The van der Waals surface area contributed by atoms with Gasteiger partial charge in [-0.25, -0.2) is 9.18 Å². The summed E-state index contributed by atoms with van der Waals surface area (Å²) in [5, 5.41) is 3.90. The van der Waals surface area contributed by atoms with Crippen molar-refractivity contribution in [1.29, 1.82) is 0 Å². The van der Waals surface area contributed by atoms with E-state index in [-0.39, 0.29) is 17.4 Å². The molecule has 0 bridgehead atoms. The van der Waals surface area contributed by atoms with Crippen LogP contribution in [0.3, 0.4) is 0 Å². The average molecular weight is 352 g/mol. The topological polar surface area (TPSA) is 54.5 Å². The number of anilines is 1. The maximum Gasteiger partial charge on any atom is 0.407 e. The molecule has 0 spiro atoms. The smallest absolute Gasteiger partial charge is 0.407 e. The zero-order valence-electron chi connectivity index (χ0n) is 13.4. The van der Waals surface area contributed by atoms with Crippen LogP contribution in [0.1, 0.15) is 19.8 Å². The van der Waals surface area contributed by atoms with E-state index in [0.29, 0.717) is 29.2 Å². The predicted octanol–water partition coefficient (Wildman–Crippen LogP) is 3.74. The number of ether oxygens (including phenoxy) is 1. The molecule has 1 aliphatic rings. The Hall–Kier alpha value is -2.08. The number of nitrogens with zero attached hydrogens (tertiary/aromatic N) is 2. The lowest BCUT2D eigenvalue weighted by Crippen LogP contribution is -2.48. The first-order valence-corrected chi connectivity index (χ1v) is 8.39. The van der Waals surface area contributed by atoms with Crippen molar-refractivity contribution in [3.05, 3.63) is 35.2 Å². The maximum absolute atomic E-state index is 14.9. The number of fused-ring (bicyclic) bond motifs is 1. The Kier molecular flexibility index (Phi) is 5.04. The van der Waals surface area contributed by atoms with Crippen LogP contribution in [0.15, 0.2) is 24.4 Å². The van der Waals surface area contributed by atoms with Gasteiger partial charge < -0.3 is 15.0 Å². The van der Waals surface area contributed by atoms with Gasteiger partial charge in [-0.1, -0.05) is 11.6 Å². The number of hydrogen-bond donors (Lipinski definition) is 1. The largest absolute Gasteiger partial charge is 0.450 e. The van der Waals surface area contributed by atoms with E-state index in [9.17, 15) is 9.18 Å². The lowest BCUT2D eigenvalue weighted by molar-refractivity contribution is 0.146. The predicted molar refractivity (Wildman–Crippen MR) is 92.1 cm³/mol. The molecule has 1 aromatic heterocycles. The molecule has 7 heteroatoms. The van der Waals surface area contributed by atoms with Crippen LogP contribution in [0.4, 0.5) is 14.9 Å². The highest BCUT2D eigenvalue weighted by Gasteiger charge is 2.24. The molecule has 1 N–H and O–H groups in total. The van der Waals surface area contributed by atoms with Crippen LogP contribution >= 0.6 is 11.6 Å². The lowest BCUT2D eigenvalue weighted by atomic mass is 10.0. The first kappa shape index (κ1) is 16.8. The second kappa shape index (κ2) is 7.21. The molecular weight excluding hydrogens is 333 g/mol. The summed E-state index contributed by atoms with van der Waals surface area (Å²) in [4.78, 5) is 17.6. The standard InChI is InChI=1S/C17H19ClFN3O2/c1-2-24-17(23)21-11-4-3-9-22(10-11)14-6-5-12-13(18)7-8-20-16(12)15(14)19/h5-8,11H,2-4,9-10H2,1H3,(H,21,23). The summed E-state index contributed by atoms with van der Waals surface area (Å²) in [5.41, 5.74) is 0.744. The summed E-state index contributed by atoms with van der Waals surface area (Å²) < 4.78 is 19.8. The van der Waals surface area contributed by atoms with E-state index in [1.165, 1.54) is 6.20 Å². The Balaban J connectivity index is 1.82. The first-order chi connectivity index (χ1) is 11.6. The number of carbonyl (C=O) groups is 1. The fourth-order valence-electron chi connectivity index (χ4n) is 3.04. The molecule has 2 aromatic rings. The molecule has 24 heavy (non-hydrogen) atoms. The molecule has 0 radical (unpaired) electrons. The number of nitrogens with one attached hydrogen (secondary N) is 1. The fourth-order valence-corrected chi connectivity index (χ4v) is 3.25. The number of rotatable bonds is 3. The molecule has 1 unspecified atom stereocenters. The van der Waals surface area contributed by atoms with Crippen molar-refractivity contribution in [2.24, 2.45) is 0 Å². The molecule has 0 aliphatic carbocycles. The van der Waals surface area contributed by atoms with Crippen LogP contribution in [0.5, 0.6) is 0 Å². The van der Waals surface area contributed by atoms with Crippen molar-refractivity contribution >= 4 is 34.3 Å². The van der Waals surface area contributed by atoms with Gasteiger partial charge in [-0.3, -0.25) is 4.98 Å². The third-order valence-electron chi connectivity index (χ3n) is 4.14. The Bertz CT molecular complexity index is 756. The Morgan fingerprint density at radius 2 is 2.33 bits per heavy atom.